The molecule has 18 heavy (non-hydrogen) atoms. The summed E-state index contributed by atoms with van der Waals surface area (Å²) in [5, 5.41) is 8.10. The van der Waals surface area contributed by atoms with Crippen LogP contribution in [0.15, 0.2) is 25.3 Å². The number of amides is 1. The topological polar surface area (TPSA) is 76.1 Å². The Kier molecular flexibility index (Phi) is 9.52. The van der Waals surface area contributed by atoms with Crippen LogP contribution in [0.25, 0.3) is 0 Å². The molecule has 0 aromatic rings. The van der Waals surface area contributed by atoms with Crippen LogP contribution in [0.2, 0.25) is 0 Å². The summed E-state index contributed by atoms with van der Waals surface area (Å²) < 4.78 is 9.40. The van der Waals surface area contributed by atoms with Gasteiger partial charge in [-0.25, -0.2) is 4.79 Å². The maximum atomic E-state index is 10.9. The van der Waals surface area contributed by atoms with E-state index < -0.39 is 5.97 Å². The highest BCUT2D eigenvalue weighted by Crippen LogP contribution is 1.96. The van der Waals surface area contributed by atoms with Crippen LogP contribution in [0.4, 0.5) is 0 Å². The third kappa shape index (κ3) is 7.59. The molecule has 1 fully saturated rings. The molecule has 1 aliphatic rings. The molecule has 0 spiro atoms. The number of ether oxygens (including phenoxy) is 2. The van der Waals surface area contributed by atoms with E-state index in [4.69, 9.17) is 9.84 Å². The molecule has 0 aliphatic carbocycles. The minimum atomic E-state index is -0.501. The van der Waals surface area contributed by atoms with Gasteiger partial charge in [0.2, 0.25) is 5.91 Å². The van der Waals surface area contributed by atoms with Gasteiger partial charge in [-0.15, -0.1) is 0 Å². The third-order valence-corrected chi connectivity index (χ3v) is 2.00. The maximum Gasteiger partial charge on any atom is 0.330 e. The number of carbonyl (C=O) groups is 2. The average Bonchev–Trinajstić information content (AvgIpc) is 2.45. The van der Waals surface area contributed by atoms with Gasteiger partial charge in [-0.2, -0.15) is 0 Å². The minimum absolute atomic E-state index is 0.00306. The van der Waals surface area contributed by atoms with Crippen molar-refractivity contribution in [1.29, 1.82) is 0 Å². The highest BCUT2D eigenvalue weighted by Gasteiger charge is 2.12. The summed E-state index contributed by atoms with van der Waals surface area (Å²) in [5.41, 5.74) is 0. The molecule has 102 valence electrons. The average molecular weight is 257 g/mol. The number of aliphatic hydroxyl groups is 1. The van der Waals surface area contributed by atoms with Crippen molar-refractivity contribution in [3.63, 3.8) is 0 Å². The van der Waals surface area contributed by atoms with Gasteiger partial charge in [-0.3, -0.25) is 4.79 Å². The molecule has 0 aromatic heterocycles. The van der Waals surface area contributed by atoms with Crippen molar-refractivity contribution < 1.29 is 24.2 Å². The van der Waals surface area contributed by atoms with E-state index in [0.717, 1.165) is 6.08 Å². The molecule has 0 bridgehead atoms. The number of rotatable bonds is 4. The number of carbonyl (C=O) groups excluding carboxylic acids is 2. The summed E-state index contributed by atoms with van der Waals surface area (Å²) in [6.07, 6.45) is 2.39. The molecule has 0 radical (unpaired) electrons. The zero-order valence-electron chi connectivity index (χ0n) is 10.3. The van der Waals surface area contributed by atoms with Gasteiger partial charge in [-0.05, 0) is 6.08 Å². The van der Waals surface area contributed by atoms with Crippen LogP contribution >= 0.6 is 0 Å². The van der Waals surface area contributed by atoms with Crippen LogP contribution in [-0.2, 0) is 19.1 Å². The summed E-state index contributed by atoms with van der Waals surface area (Å²) in [6.45, 7) is 9.17. The Morgan fingerprint density at radius 2 is 1.89 bits per heavy atom. The predicted octanol–water partition coefficient (Wildman–Crippen LogP) is -0.261. The lowest BCUT2D eigenvalue weighted by Gasteiger charge is -2.25. The van der Waals surface area contributed by atoms with Crippen molar-refractivity contribution in [3.8, 4) is 0 Å². The van der Waals surface area contributed by atoms with Crippen LogP contribution in [0.1, 0.15) is 0 Å². The first-order valence-electron chi connectivity index (χ1n) is 5.54. The first kappa shape index (κ1) is 16.3. The predicted molar refractivity (Wildman–Crippen MR) is 65.8 cm³/mol. The molecule has 0 saturated carbocycles. The molecule has 0 atom stereocenters. The first-order chi connectivity index (χ1) is 8.65. The molecule has 6 nitrogen and oxygen atoms in total. The molecule has 1 N–H and O–H groups in total. The van der Waals surface area contributed by atoms with E-state index in [1.165, 1.54) is 6.08 Å². The molecule has 1 rings (SSSR count). The minimum Gasteiger partial charge on any atom is -0.460 e. The maximum absolute atomic E-state index is 10.9. The van der Waals surface area contributed by atoms with E-state index in [0.29, 0.717) is 26.3 Å². The monoisotopic (exact) mass is 257 g/mol. The molecular weight excluding hydrogens is 238 g/mol. The zero-order valence-corrected chi connectivity index (χ0v) is 10.3. The van der Waals surface area contributed by atoms with Crippen molar-refractivity contribution in [2.45, 2.75) is 0 Å². The molecule has 1 amide bonds. The zero-order chi connectivity index (χ0) is 13.8. The number of aliphatic hydroxyl groups excluding tert-OH is 1. The van der Waals surface area contributed by atoms with E-state index in [2.05, 4.69) is 17.9 Å². The Morgan fingerprint density at radius 3 is 2.33 bits per heavy atom. The van der Waals surface area contributed by atoms with Gasteiger partial charge in [0.25, 0.3) is 0 Å². The number of hydrogen-bond donors (Lipinski definition) is 1. The van der Waals surface area contributed by atoms with E-state index >= 15 is 0 Å². The van der Waals surface area contributed by atoms with E-state index in [1.54, 1.807) is 4.90 Å². The highest BCUT2D eigenvalue weighted by atomic mass is 16.5. The lowest BCUT2D eigenvalue weighted by Crippen LogP contribution is -2.39. The summed E-state index contributed by atoms with van der Waals surface area (Å²) in [7, 11) is 0. The van der Waals surface area contributed by atoms with Gasteiger partial charge in [0.15, 0.2) is 0 Å². The van der Waals surface area contributed by atoms with Crippen LogP contribution in [0, 0.1) is 0 Å². The number of morpholine rings is 1. The van der Waals surface area contributed by atoms with Gasteiger partial charge >= 0.3 is 5.97 Å². The second-order valence-electron chi connectivity index (χ2n) is 3.24. The Balaban J connectivity index is 0.000000331. The number of hydrogen-bond acceptors (Lipinski definition) is 5. The van der Waals surface area contributed by atoms with Gasteiger partial charge < -0.3 is 19.5 Å². The fourth-order valence-electron chi connectivity index (χ4n) is 1.12. The van der Waals surface area contributed by atoms with Crippen molar-refractivity contribution in [3.05, 3.63) is 25.3 Å². The third-order valence-electron chi connectivity index (χ3n) is 2.00. The SMILES string of the molecule is C=CC(=O)N1CCOCC1.C=CC(=O)OCCO. The summed E-state index contributed by atoms with van der Waals surface area (Å²) in [5.74, 6) is -0.498. The molecule has 0 unspecified atom stereocenters. The van der Waals surface area contributed by atoms with Gasteiger partial charge in [0.05, 0.1) is 19.8 Å². The normalized spacial score (nSPS) is 13.9. The molecule has 6 heteroatoms. The summed E-state index contributed by atoms with van der Waals surface area (Å²) in [6, 6.07) is 0. The van der Waals surface area contributed by atoms with Crippen molar-refractivity contribution in [2.75, 3.05) is 39.5 Å². The van der Waals surface area contributed by atoms with Crippen LogP contribution < -0.4 is 0 Å². The Hall–Kier alpha value is -1.66. The standard InChI is InChI=1S/C7H11NO2.C5H8O3/c1-2-7(9)8-3-5-10-6-4-8;1-2-5(7)8-4-3-6/h2H,1,3-6H2;2,6H,1,3-4H2. The fourth-order valence-corrected chi connectivity index (χ4v) is 1.12. The molecule has 0 aromatic carbocycles. The highest BCUT2D eigenvalue weighted by molar-refractivity contribution is 5.87. The smallest absolute Gasteiger partial charge is 0.330 e. The largest absolute Gasteiger partial charge is 0.460 e. The second-order valence-corrected chi connectivity index (χ2v) is 3.24. The van der Waals surface area contributed by atoms with Gasteiger partial charge in [0.1, 0.15) is 6.61 Å². The number of esters is 1. The van der Waals surface area contributed by atoms with Crippen LogP contribution in [-0.4, -0.2) is 61.4 Å². The first-order valence-corrected chi connectivity index (χ1v) is 5.54. The van der Waals surface area contributed by atoms with Crippen molar-refractivity contribution in [2.24, 2.45) is 0 Å². The molecule has 1 heterocycles. The Labute approximate surface area is 106 Å². The van der Waals surface area contributed by atoms with Crippen LogP contribution in [0.3, 0.4) is 0 Å². The summed E-state index contributed by atoms with van der Waals surface area (Å²) >= 11 is 0. The van der Waals surface area contributed by atoms with Gasteiger partial charge in [0, 0.05) is 19.2 Å². The van der Waals surface area contributed by atoms with Gasteiger partial charge in [-0.1, -0.05) is 13.2 Å². The fraction of sp³-hybridized carbons (Fsp3) is 0.500. The quantitative estimate of drug-likeness (QED) is 0.554. The molecule has 1 aliphatic heterocycles. The second kappa shape index (κ2) is 10.5. The van der Waals surface area contributed by atoms with E-state index in [-0.39, 0.29) is 19.1 Å². The lowest BCUT2D eigenvalue weighted by atomic mass is 10.4. The Bertz CT molecular complexity index is 284. The van der Waals surface area contributed by atoms with Crippen molar-refractivity contribution in [1.82, 2.24) is 4.90 Å². The summed E-state index contributed by atoms with van der Waals surface area (Å²) in [4.78, 5) is 22.8. The van der Waals surface area contributed by atoms with E-state index in [9.17, 15) is 9.59 Å². The van der Waals surface area contributed by atoms with Crippen LogP contribution in [0.5, 0.6) is 0 Å². The Morgan fingerprint density at radius 1 is 1.28 bits per heavy atom. The lowest BCUT2D eigenvalue weighted by molar-refractivity contribution is -0.138. The van der Waals surface area contributed by atoms with E-state index in [1.807, 2.05) is 0 Å². The number of nitrogens with zero attached hydrogens (tertiary/aromatic N) is 1. The molecule has 1 saturated heterocycles. The van der Waals surface area contributed by atoms with Crippen molar-refractivity contribution >= 4 is 11.9 Å². The molecular formula is C12H19NO5.